The van der Waals surface area contributed by atoms with E-state index in [1.54, 1.807) is 17.6 Å². The Morgan fingerprint density at radius 1 is 1.38 bits per heavy atom. The minimum Gasteiger partial charge on any atom is -0.340 e. The minimum absolute atomic E-state index is 0.236. The zero-order valence-electron chi connectivity index (χ0n) is 13.8. The molecule has 3 aromatic heterocycles. The molecule has 24 heavy (non-hydrogen) atoms. The van der Waals surface area contributed by atoms with Gasteiger partial charge in [-0.15, -0.1) is 0 Å². The summed E-state index contributed by atoms with van der Waals surface area (Å²) in [6.07, 6.45) is 5.37. The van der Waals surface area contributed by atoms with Crippen molar-refractivity contribution in [2.45, 2.75) is 39.2 Å². The van der Waals surface area contributed by atoms with Crippen LogP contribution in [0.5, 0.6) is 0 Å². The molecule has 0 aliphatic heterocycles. The van der Waals surface area contributed by atoms with Gasteiger partial charge in [0.25, 0.3) is 5.91 Å². The maximum atomic E-state index is 12.9. The van der Waals surface area contributed by atoms with Crippen LogP contribution in [-0.4, -0.2) is 30.6 Å². The highest BCUT2D eigenvalue weighted by Gasteiger charge is 2.47. The third kappa shape index (κ3) is 2.34. The molecule has 0 saturated heterocycles. The Bertz CT molecular complexity index is 926. The number of hydrogen-bond donors (Lipinski definition) is 1. The van der Waals surface area contributed by atoms with Crippen LogP contribution in [0.1, 0.15) is 47.5 Å². The summed E-state index contributed by atoms with van der Waals surface area (Å²) < 4.78 is 6.70. The molecule has 0 aromatic carbocycles. The van der Waals surface area contributed by atoms with Crippen molar-refractivity contribution < 1.29 is 9.32 Å². The second kappa shape index (κ2) is 5.12. The highest BCUT2D eigenvalue weighted by atomic mass is 16.5. The average molecular weight is 326 g/mol. The maximum absolute atomic E-state index is 12.9. The van der Waals surface area contributed by atoms with Crippen molar-refractivity contribution in [1.82, 2.24) is 30.1 Å². The minimum atomic E-state index is -0.660. The van der Waals surface area contributed by atoms with E-state index >= 15 is 0 Å². The summed E-state index contributed by atoms with van der Waals surface area (Å²) in [5.41, 5.74) is 1.14. The zero-order valence-corrected chi connectivity index (χ0v) is 13.8. The lowest BCUT2D eigenvalue weighted by atomic mass is 9.94. The van der Waals surface area contributed by atoms with Gasteiger partial charge in [0.1, 0.15) is 11.1 Å². The molecule has 0 spiro atoms. The number of aryl methyl sites for hydroxylation is 2. The Hall–Kier alpha value is -2.77. The molecular formula is C16H18N6O2. The van der Waals surface area contributed by atoms with Gasteiger partial charge in [-0.25, -0.2) is 9.50 Å². The lowest BCUT2D eigenvalue weighted by Crippen LogP contribution is -2.46. The van der Waals surface area contributed by atoms with E-state index in [2.05, 4.69) is 25.5 Å². The quantitative estimate of drug-likeness (QED) is 0.785. The summed E-state index contributed by atoms with van der Waals surface area (Å²) in [4.78, 5) is 21.6. The Morgan fingerprint density at radius 2 is 2.17 bits per heavy atom. The predicted molar refractivity (Wildman–Crippen MR) is 84.3 cm³/mol. The van der Waals surface area contributed by atoms with E-state index in [4.69, 9.17) is 4.52 Å². The van der Waals surface area contributed by atoms with Crippen LogP contribution in [0.25, 0.3) is 5.65 Å². The number of aromatic nitrogens is 5. The van der Waals surface area contributed by atoms with Gasteiger partial charge in [-0.05, 0) is 38.7 Å². The first-order chi connectivity index (χ1) is 11.5. The number of carbonyl (C=O) groups is 1. The number of rotatable bonds is 4. The summed E-state index contributed by atoms with van der Waals surface area (Å²) in [6.45, 7) is 5.56. The Balaban J connectivity index is 1.69. The molecule has 8 heteroatoms. The highest BCUT2D eigenvalue weighted by Crippen LogP contribution is 2.44. The van der Waals surface area contributed by atoms with Crippen molar-refractivity contribution in [2.75, 3.05) is 0 Å². The molecule has 1 unspecified atom stereocenters. The molecule has 1 N–H and O–H groups in total. The third-order valence-electron chi connectivity index (χ3n) is 4.51. The Labute approximate surface area is 138 Å². The van der Waals surface area contributed by atoms with Crippen molar-refractivity contribution in [1.29, 1.82) is 0 Å². The predicted octanol–water partition coefficient (Wildman–Crippen LogP) is 1.78. The lowest BCUT2D eigenvalue weighted by Gasteiger charge is -2.27. The van der Waals surface area contributed by atoms with Crippen LogP contribution >= 0.6 is 0 Å². The lowest BCUT2D eigenvalue weighted by molar-refractivity contribution is 0.0887. The van der Waals surface area contributed by atoms with Gasteiger partial charge < -0.3 is 9.84 Å². The highest BCUT2D eigenvalue weighted by molar-refractivity contribution is 6.00. The van der Waals surface area contributed by atoms with E-state index in [1.807, 2.05) is 19.9 Å². The summed E-state index contributed by atoms with van der Waals surface area (Å²) >= 11 is 0. The summed E-state index contributed by atoms with van der Waals surface area (Å²) in [5, 5.41) is 11.3. The summed E-state index contributed by atoms with van der Waals surface area (Å²) in [5.74, 6) is 1.06. The van der Waals surface area contributed by atoms with Gasteiger partial charge in [0.05, 0.1) is 6.20 Å². The van der Waals surface area contributed by atoms with Crippen LogP contribution in [0, 0.1) is 19.8 Å². The fraction of sp³-hybridized carbons (Fsp3) is 0.438. The second-order valence-corrected chi connectivity index (χ2v) is 6.46. The first-order valence-corrected chi connectivity index (χ1v) is 7.91. The Kier molecular flexibility index (Phi) is 3.16. The third-order valence-corrected chi connectivity index (χ3v) is 4.51. The van der Waals surface area contributed by atoms with Gasteiger partial charge in [-0.1, -0.05) is 5.16 Å². The largest absolute Gasteiger partial charge is 0.340 e. The van der Waals surface area contributed by atoms with Crippen molar-refractivity contribution in [2.24, 2.45) is 5.92 Å². The topological polar surface area (TPSA) is 98.2 Å². The smallest absolute Gasteiger partial charge is 0.257 e. The number of fused-ring (bicyclic) bond motifs is 1. The summed E-state index contributed by atoms with van der Waals surface area (Å²) in [7, 11) is 0. The van der Waals surface area contributed by atoms with E-state index in [-0.39, 0.29) is 5.91 Å². The zero-order chi connectivity index (χ0) is 16.9. The van der Waals surface area contributed by atoms with Crippen molar-refractivity contribution in [3.63, 3.8) is 0 Å². The van der Waals surface area contributed by atoms with Gasteiger partial charge >= 0.3 is 0 Å². The van der Waals surface area contributed by atoms with Crippen LogP contribution < -0.4 is 5.32 Å². The standard InChI is InChI=1S/C16H18N6O2/c1-9-6-7-22-13(18-9)12(8-17-22)14(23)20-16(3,11-4-5-11)15-19-10(2)24-21-15/h6-8,11H,4-5H2,1-3H3,(H,20,23). The molecule has 0 bridgehead atoms. The molecule has 1 saturated carbocycles. The SMILES string of the molecule is Cc1ccn2ncc(C(=O)NC(C)(c3noc(C)n3)C3CC3)c2n1. The number of carbonyl (C=O) groups excluding carboxylic acids is 1. The molecule has 1 atom stereocenters. The van der Waals surface area contributed by atoms with Crippen LogP contribution in [0.15, 0.2) is 23.0 Å². The van der Waals surface area contributed by atoms with E-state index < -0.39 is 5.54 Å². The van der Waals surface area contributed by atoms with Gasteiger partial charge in [0.15, 0.2) is 11.5 Å². The summed E-state index contributed by atoms with van der Waals surface area (Å²) in [6, 6.07) is 1.85. The van der Waals surface area contributed by atoms with E-state index in [0.717, 1.165) is 18.5 Å². The van der Waals surface area contributed by atoms with Gasteiger partial charge in [-0.2, -0.15) is 10.1 Å². The van der Waals surface area contributed by atoms with Crippen LogP contribution in [-0.2, 0) is 5.54 Å². The first-order valence-electron chi connectivity index (χ1n) is 7.91. The molecule has 4 rings (SSSR count). The van der Waals surface area contributed by atoms with Crippen LogP contribution in [0.2, 0.25) is 0 Å². The van der Waals surface area contributed by atoms with Gasteiger partial charge in [0, 0.05) is 18.8 Å². The molecule has 1 aliphatic carbocycles. The van der Waals surface area contributed by atoms with Gasteiger partial charge in [-0.3, -0.25) is 4.79 Å². The van der Waals surface area contributed by atoms with Crippen molar-refractivity contribution >= 4 is 11.6 Å². The van der Waals surface area contributed by atoms with Crippen molar-refractivity contribution in [3.05, 3.63) is 41.4 Å². The maximum Gasteiger partial charge on any atom is 0.257 e. The fourth-order valence-electron chi connectivity index (χ4n) is 2.93. The number of hydrogen-bond acceptors (Lipinski definition) is 6. The first kappa shape index (κ1) is 14.8. The molecule has 0 radical (unpaired) electrons. The molecule has 124 valence electrons. The molecule has 8 nitrogen and oxygen atoms in total. The molecule has 1 aliphatic rings. The van der Waals surface area contributed by atoms with Gasteiger partial charge in [0.2, 0.25) is 5.89 Å². The van der Waals surface area contributed by atoms with Crippen LogP contribution in [0.4, 0.5) is 0 Å². The normalized spacial score (nSPS) is 17.0. The monoisotopic (exact) mass is 326 g/mol. The number of nitrogens with one attached hydrogen (secondary N) is 1. The fourth-order valence-corrected chi connectivity index (χ4v) is 2.93. The average Bonchev–Trinajstić information content (AvgIpc) is 3.19. The van der Waals surface area contributed by atoms with E-state index in [0.29, 0.717) is 28.8 Å². The molecule has 3 aromatic rings. The molecule has 3 heterocycles. The second-order valence-electron chi connectivity index (χ2n) is 6.46. The van der Waals surface area contributed by atoms with Crippen molar-refractivity contribution in [3.8, 4) is 0 Å². The molecule has 1 amide bonds. The number of nitrogens with zero attached hydrogens (tertiary/aromatic N) is 5. The van der Waals surface area contributed by atoms with E-state index in [1.165, 1.54) is 6.20 Å². The molecule has 1 fully saturated rings. The van der Waals surface area contributed by atoms with Crippen LogP contribution in [0.3, 0.4) is 0 Å². The van der Waals surface area contributed by atoms with E-state index in [9.17, 15) is 4.79 Å². The Morgan fingerprint density at radius 3 is 2.83 bits per heavy atom. The molecular weight excluding hydrogens is 308 g/mol. The number of amides is 1.